The molecule has 3 aromatic rings. The van der Waals surface area contributed by atoms with E-state index in [4.69, 9.17) is 0 Å². The van der Waals surface area contributed by atoms with E-state index in [0.717, 1.165) is 0 Å². The molecule has 1 saturated heterocycles. The number of halogens is 3. The Kier molecular flexibility index (Phi) is 6.07. The van der Waals surface area contributed by atoms with E-state index in [1.807, 2.05) is 0 Å². The molecule has 1 N–H and O–H groups in total. The summed E-state index contributed by atoms with van der Waals surface area (Å²) in [7, 11) is 1.72. The third-order valence-corrected chi connectivity index (χ3v) is 6.19. The van der Waals surface area contributed by atoms with Gasteiger partial charge in [0, 0.05) is 25.2 Å². The molecule has 8 nitrogen and oxygen atoms in total. The maximum Gasteiger partial charge on any atom is 0.573 e. The van der Waals surface area contributed by atoms with Crippen LogP contribution in [0.25, 0.3) is 22.6 Å². The third kappa shape index (κ3) is 5.37. The van der Waals surface area contributed by atoms with Gasteiger partial charge in [0.25, 0.3) is 5.91 Å². The summed E-state index contributed by atoms with van der Waals surface area (Å²) in [5.41, 5.74) is 1.48. The van der Waals surface area contributed by atoms with Gasteiger partial charge in [-0.15, -0.1) is 13.2 Å². The number of nitrogens with zero attached hydrogens (tertiary/aromatic N) is 4. The molecule has 0 saturated carbocycles. The molecule has 1 fully saturated rings. The summed E-state index contributed by atoms with van der Waals surface area (Å²) in [6.07, 6.45) is -0.951. The summed E-state index contributed by atoms with van der Waals surface area (Å²) in [6, 6.07) is 6.42. The van der Waals surface area contributed by atoms with Crippen molar-refractivity contribution in [2.45, 2.75) is 18.8 Å². The van der Waals surface area contributed by atoms with E-state index in [2.05, 4.69) is 25.1 Å². The van der Waals surface area contributed by atoms with Crippen molar-refractivity contribution < 1.29 is 27.3 Å². The van der Waals surface area contributed by atoms with Gasteiger partial charge in [-0.25, -0.2) is 9.97 Å². The van der Waals surface area contributed by atoms with Gasteiger partial charge in [0.05, 0.1) is 23.5 Å². The second-order valence-corrected chi connectivity index (χ2v) is 8.83. The first-order valence-corrected chi connectivity index (χ1v) is 11.1. The van der Waals surface area contributed by atoms with Crippen LogP contribution in [-0.4, -0.2) is 54.1 Å². The molecular weight excluding hydrogens is 447 g/mol. The monoisotopic (exact) mass is 465 g/mol. The van der Waals surface area contributed by atoms with Gasteiger partial charge in [0.15, 0.2) is 5.82 Å². The van der Waals surface area contributed by atoms with E-state index in [0.29, 0.717) is 34.7 Å². The first-order chi connectivity index (χ1) is 15.2. The zero-order chi connectivity index (χ0) is 22.9. The molecule has 0 bridgehead atoms. The van der Waals surface area contributed by atoms with E-state index in [1.165, 1.54) is 30.3 Å². The highest BCUT2D eigenvalue weighted by molar-refractivity contribution is 7.91. The maximum atomic E-state index is 12.8. The van der Waals surface area contributed by atoms with Crippen LogP contribution in [0.4, 0.5) is 13.2 Å². The number of benzene rings is 1. The van der Waals surface area contributed by atoms with Crippen LogP contribution in [0.1, 0.15) is 16.9 Å². The Hall–Kier alpha value is -3.12. The Morgan fingerprint density at radius 1 is 1.25 bits per heavy atom. The number of amides is 1. The van der Waals surface area contributed by atoms with Crippen molar-refractivity contribution in [3.63, 3.8) is 0 Å². The van der Waals surface area contributed by atoms with E-state index in [-0.39, 0.29) is 23.3 Å². The van der Waals surface area contributed by atoms with Gasteiger partial charge in [-0.1, -0.05) is 11.2 Å². The Morgan fingerprint density at radius 2 is 2.00 bits per heavy atom. The van der Waals surface area contributed by atoms with E-state index in [9.17, 15) is 22.5 Å². The lowest BCUT2D eigenvalue weighted by molar-refractivity contribution is -0.274. The average molecular weight is 465 g/mol. The average Bonchev–Trinajstić information content (AvgIpc) is 3.35. The van der Waals surface area contributed by atoms with Crippen molar-refractivity contribution in [3.8, 4) is 28.4 Å². The lowest BCUT2D eigenvalue weighted by atomic mass is 10.1. The number of aromatic nitrogens is 4. The summed E-state index contributed by atoms with van der Waals surface area (Å²) in [5.74, 6) is 0.355. The normalized spacial score (nSPS) is 18.5. The third-order valence-electron chi connectivity index (χ3n) is 4.72. The molecule has 1 aromatic carbocycles. The van der Waals surface area contributed by atoms with Crippen LogP contribution in [0.3, 0.4) is 0 Å². The Bertz CT molecular complexity index is 1120. The highest BCUT2D eigenvalue weighted by Gasteiger charge is 2.31. The summed E-state index contributed by atoms with van der Waals surface area (Å²) in [4.78, 5) is 21.6. The van der Waals surface area contributed by atoms with Gasteiger partial charge < -0.3 is 14.6 Å². The predicted octanol–water partition coefficient (Wildman–Crippen LogP) is 2.69. The number of carbonyl (C=O) groups is 1. The zero-order valence-electron chi connectivity index (χ0n) is 16.8. The molecule has 2 aromatic heterocycles. The molecule has 3 heterocycles. The molecule has 12 heteroatoms. The SMILES string of the molecule is Cn1cc(-c2nc(C(=O)N[C@@H]3CC[S+]([O-])C3)cc(-c3ccc(OC(F)(F)F)cc3)n2)cn1. The standard InChI is InChI=1S/C20H18F3N5O3S/c1-28-10-13(9-24-28)18-26-16(12-2-4-15(5-3-12)31-20(21,22)23)8-17(27-18)19(29)25-14-6-7-32(30)11-14/h2-5,8-10,14H,6-7,11H2,1H3,(H,25,29)/t14-,32?/m1/s1. The number of nitrogens with one attached hydrogen (secondary N) is 1. The molecule has 0 spiro atoms. The largest absolute Gasteiger partial charge is 0.616 e. The van der Waals surface area contributed by atoms with Crippen LogP contribution >= 0.6 is 0 Å². The van der Waals surface area contributed by atoms with Crippen LogP contribution in [0.2, 0.25) is 0 Å². The first-order valence-electron chi connectivity index (χ1n) is 9.56. The Labute approximate surface area is 184 Å². The highest BCUT2D eigenvalue weighted by atomic mass is 32.2. The minimum atomic E-state index is -4.79. The topological polar surface area (TPSA) is 105 Å². The van der Waals surface area contributed by atoms with Gasteiger partial charge in [-0.2, -0.15) is 5.10 Å². The Morgan fingerprint density at radius 3 is 2.59 bits per heavy atom. The molecule has 1 amide bonds. The van der Waals surface area contributed by atoms with Crippen LogP contribution in [0.15, 0.2) is 42.7 Å². The minimum absolute atomic E-state index is 0.0853. The van der Waals surface area contributed by atoms with E-state index in [1.54, 1.807) is 24.1 Å². The number of alkyl halides is 3. The second-order valence-electron chi connectivity index (χ2n) is 7.21. The number of rotatable bonds is 5. The van der Waals surface area contributed by atoms with Crippen LogP contribution in [-0.2, 0) is 18.2 Å². The molecule has 0 aliphatic carbocycles. The summed E-state index contributed by atoms with van der Waals surface area (Å²) in [6.45, 7) is 0. The molecule has 1 aliphatic rings. The van der Waals surface area contributed by atoms with Crippen molar-refractivity contribution in [1.82, 2.24) is 25.1 Å². The van der Waals surface area contributed by atoms with Crippen molar-refractivity contribution in [3.05, 3.63) is 48.4 Å². The van der Waals surface area contributed by atoms with Crippen molar-refractivity contribution >= 4 is 17.1 Å². The molecule has 32 heavy (non-hydrogen) atoms. The van der Waals surface area contributed by atoms with Gasteiger partial charge >= 0.3 is 6.36 Å². The van der Waals surface area contributed by atoms with Crippen LogP contribution in [0, 0.1) is 0 Å². The minimum Gasteiger partial charge on any atom is -0.616 e. The van der Waals surface area contributed by atoms with E-state index < -0.39 is 23.4 Å². The molecule has 2 atom stereocenters. The lowest BCUT2D eigenvalue weighted by Crippen LogP contribution is -2.36. The number of aryl methyl sites for hydroxylation is 1. The highest BCUT2D eigenvalue weighted by Crippen LogP contribution is 2.27. The summed E-state index contributed by atoms with van der Waals surface area (Å²) in [5, 5.41) is 6.92. The smallest absolute Gasteiger partial charge is 0.573 e. The fraction of sp³-hybridized carbons (Fsp3) is 0.300. The molecular formula is C20H18F3N5O3S. The number of hydrogen-bond donors (Lipinski definition) is 1. The first kappa shape index (κ1) is 22.1. The fourth-order valence-corrected chi connectivity index (χ4v) is 4.66. The van der Waals surface area contributed by atoms with Gasteiger partial charge in [0.2, 0.25) is 0 Å². The predicted molar refractivity (Wildman–Crippen MR) is 110 cm³/mol. The van der Waals surface area contributed by atoms with Crippen molar-refractivity contribution in [2.24, 2.45) is 7.05 Å². The maximum absolute atomic E-state index is 12.8. The lowest BCUT2D eigenvalue weighted by Gasteiger charge is -2.12. The molecule has 168 valence electrons. The van der Waals surface area contributed by atoms with Gasteiger partial charge in [0.1, 0.15) is 22.9 Å². The van der Waals surface area contributed by atoms with Crippen LogP contribution < -0.4 is 10.1 Å². The molecule has 1 unspecified atom stereocenters. The summed E-state index contributed by atoms with van der Waals surface area (Å²) >= 11 is -0.951. The Balaban J connectivity index is 1.66. The molecule has 0 radical (unpaired) electrons. The van der Waals surface area contributed by atoms with Crippen LogP contribution in [0.5, 0.6) is 5.75 Å². The fourth-order valence-electron chi connectivity index (χ4n) is 3.24. The number of ether oxygens (including phenoxy) is 1. The second kappa shape index (κ2) is 8.79. The van der Waals surface area contributed by atoms with Gasteiger partial charge in [-0.05, 0) is 30.3 Å². The zero-order valence-corrected chi connectivity index (χ0v) is 17.6. The quantitative estimate of drug-likeness (QED) is 0.581. The van der Waals surface area contributed by atoms with Crippen molar-refractivity contribution in [2.75, 3.05) is 11.5 Å². The van der Waals surface area contributed by atoms with Crippen molar-refractivity contribution in [1.29, 1.82) is 0 Å². The number of hydrogen-bond acceptors (Lipinski definition) is 6. The van der Waals surface area contributed by atoms with Gasteiger partial charge in [-0.3, -0.25) is 9.48 Å². The van der Waals surface area contributed by atoms with E-state index >= 15 is 0 Å². The molecule has 4 rings (SSSR count). The number of carbonyl (C=O) groups excluding carboxylic acids is 1. The molecule has 1 aliphatic heterocycles. The summed E-state index contributed by atoms with van der Waals surface area (Å²) < 4.78 is 54.3.